The van der Waals surface area contributed by atoms with Crippen molar-refractivity contribution in [3.8, 4) is 0 Å². The first-order valence-corrected chi connectivity index (χ1v) is 5.94. The quantitative estimate of drug-likeness (QED) is 0.532. The molecule has 1 fully saturated rings. The second-order valence-electron chi connectivity index (χ2n) is 3.42. The Bertz CT molecular complexity index is 245. The van der Waals surface area contributed by atoms with Gasteiger partial charge in [0.15, 0.2) is 0 Å². The van der Waals surface area contributed by atoms with Gasteiger partial charge in [0.25, 0.3) is 10.1 Å². The van der Waals surface area contributed by atoms with Gasteiger partial charge in [-0.15, -0.1) is 0 Å². The van der Waals surface area contributed by atoms with Gasteiger partial charge in [0.05, 0.1) is 6.10 Å². The smallest absolute Gasteiger partial charge is 0.267 e. The van der Waals surface area contributed by atoms with Gasteiger partial charge in [-0.25, -0.2) is 0 Å². The molecule has 1 saturated heterocycles. The number of aliphatic hydroxyl groups is 1. The number of hydrogen-bond acceptors (Lipinski definition) is 4. The molecule has 0 aromatic rings. The van der Waals surface area contributed by atoms with E-state index < -0.39 is 22.0 Å². The van der Waals surface area contributed by atoms with Crippen molar-refractivity contribution in [1.82, 2.24) is 5.32 Å². The van der Waals surface area contributed by atoms with E-state index in [1.807, 2.05) is 0 Å². The summed E-state index contributed by atoms with van der Waals surface area (Å²) in [5.74, 6) is -0.616. The maximum atomic E-state index is 10.5. The molecule has 78 valence electrons. The first-order valence-electron chi connectivity index (χ1n) is 4.33. The summed E-state index contributed by atoms with van der Waals surface area (Å²) in [6, 6.07) is 0. The van der Waals surface area contributed by atoms with E-state index in [4.69, 9.17) is 4.55 Å². The summed E-state index contributed by atoms with van der Waals surface area (Å²) < 4.78 is 29.4. The lowest BCUT2D eigenvalue weighted by Crippen LogP contribution is -2.39. The molecule has 0 aliphatic carbocycles. The molecule has 2 atom stereocenters. The molecule has 0 saturated carbocycles. The van der Waals surface area contributed by atoms with Gasteiger partial charge < -0.3 is 10.4 Å². The van der Waals surface area contributed by atoms with Gasteiger partial charge in [-0.3, -0.25) is 4.55 Å². The molecule has 0 aromatic carbocycles. The SMILES string of the molecule is O=S(=O)(O)CC(O)C1CCCNC1. The summed E-state index contributed by atoms with van der Waals surface area (Å²) in [5, 5.41) is 12.5. The largest absolute Gasteiger partial charge is 0.392 e. The molecule has 1 heterocycles. The molecular formula is C7H15NO4S. The number of rotatable bonds is 3. The first-order chi connectivity index (χ1) is 5.99. The monoisotopic (exact) mass is 209 g/mol. The molecule has 0 radical (unpaired) electrons. The maximum Gasteiger partial charge on any atom is 0.267 e. The molecule has 2 unspecified atom stereocenters. The predicted octanol–water partition coefficient (Wildman–Crippen LogP) is -0.765. The van der Waals surface area contributed by atoms with Gasteiger partial charge in [0.1, 0.15) is 5.75 Å². The number of aliphatic hydroxyl groups excluding tert-OH is 1. The average Bonchev–Trinajstić information content (AvgIpc) is 2.03. The number of piperidine rings is 1. The summed E-state index contributed by atoms with van der Waals surface area (Å²) in [6.45, 7) is 1.53. The zero-order valence-corrected chi connectivity index (χ0v) is 8.13. The Morgan fingerprint density at radius 1 is 1.54 bits per heavy atom. The van der Waals surface area contributed by atoms with Crippen molar-refractivity contribution in [2.75, 3.05) is 18.8 Å². The third-order valence-corrected chi connectivity index (χ3v) is 3.02. The van der Waals surface area contributed by atoms with E-state index >= 15 is 0 Å². The minimum absolute atomic E-state index is 0.0596. The van der Waals surface area contributed by atoms with Crippen molar-refractivity contribution < 1.29 is 18.1 Å². The van der Waals surface area contributed by atoms with E-state index in [0.29, 0.717) is 6.54 Å². The molecule has 6 heteroatoms. The van der Waals surface area contributed by atoms with Crippen LogP contribution in [0.4, 0.5) is 0 Å². The van der Waals surface area contributed by atoms with Crippen LogP contribution in [0.25, 0.3) is 0 Å². The molecule has 0 spiro atoms. The molecule has 0 amide bonds. The first kappa shape index (κ1) is 10.9. The summed E-state index contributed by atoms with van der Waals surface area (Å²) in [5.41, 5.74) is 0. The van der Waals surface area contributed by atoms with Crippen LogP contribution in [0.2, 0.25) is 0 Å². The Morgan fingerprint density at radius 3 is 2.69 bits per heavy atom. The summed E-state index contributed by atoms with van der Waals surface area (Å²) in [6.07, 6.45) is 0.791. The van der Waals surface area contributed by atoms with Gasteiger partial charge in [-0.2, -0.15) is 8.42 Å². The highest BCUT2D eigenvalue weighted by Gasteiger charge is 2.25. The van der Waals surface area contributed by atoms with Crippen LogP contribution in [-0.4, -0.2) is 43.0 Å². The highest BCUT2D eigenvalue weighted by atomic mass is 32.2. The molecule has 1 rings (SSSR count). The van der Waals surface area contributed by atoms with Crippen molar-refractivity contribution >= 4 is 10.1 Å². The Kier molecular flexibility index (Phi) is 3.66. The zero-order valence-electron chi connectivity index (χ0n) is 7.31. The fourth-order valence-electron chi connectivity index (χ4n) is 1.56. The van der Waals surface area contributed by atoms with Crippen LogP contribution in [0.1, 0.15) is 12.8 Å². The minimum Gasteiger partial charge on any atom is -0.392 e. The third-order valence-electron chi connectivity index (χ3n) is 2.26. The average molecular weight is 209 g/mol. The molecular weight excluding hydrogens is 194 g/mol. The molecule has 13 heavy (non-hydrogen) atoms. The predicted molar refractivity (Wildman–Crippen MR) is 48.0 cm³/mol. The highest BCUT2D eigenvalue weighted by Crippen LogP contribution is 2.15. The molecule has 0 bridgehead atoms. The Morgan fingerprint density at radius 2 is 2.23 bits per heavy atom. The van der Waals surface area contributed by atoms with Gasteiger partial charge >= 0.3 is 0 Å². The standard InChI is InChI=1S/C7H15NO4S/c9-7(5-13(10,11)12)6-2-1-3-8-4-6/h6-9H,1-5H2,(H,10,11,12). The topological polar surface area (TPSA) is 86.6 Å². The van der Waals surface area contributed by atoms with Crippen LogP contribution >= 0.6 is 0 Å². The lowest BCUT2D eigenvalue weighted by Gasteiger charge is -2.26. The normalized spacial score (nSPS) is 27.1. The third kappa shape index (κ3) is 4.04. The Labute approximate surface area is 77.9 Å². The molecule has 5 nitrogen and oxygen atoms in total. The second kappa shape index (κ2) is 4.36. The van der Waals surface area contributed by atoms with E-state index in [9.17, 15) is 13.5 Å². The van der Waals surface area contributed by atoms with Crippen LogP contribution in [-0.2, 0) is 10.1 Å². The van der Waals surface area contributed by atoms with E-state index in [2.05, 4.69) is 5.32 Å². The van der Waals surface area contributed by atoms with Crippen LogP contribution in [0, 0.1) is 5.92 Å². The van der Waals surface area contributed by atoms with Crippen molar-refractivity contribution in [3.05, 3.63) is 0 Å². The van der Waals surface area contributed by atoms with E-state index in [0.717, 1.165) is 19.4 Å². The van der Waals surface area contributed by atoms with Gasteiger partial charge in [-0.1, -0.05) is 0 Å². The molecule has 1 aliphatic heterocycles. The fraction of sp³-hybridized carbons (Fsp3) is 1.00. The second-order valence-corrected chi connectivity index (χ2v) is 4.92. The van der Waals surface area contributed by atoms with Crippen molar-refractivity contribution in [1.29, 1.82) is 0 Å². The Hall–Kier alpha value is -0.170. The Balaban J connectivity index is 2.42. The van der Waals surface area contributed by atoms with Gasteiger partial charge in [-0.05, 0) is 25.3 Å². The lowest BCUT2D eigenvalue weighted by molar-refractivity contribution is 0.109. The summed E-state index contributed by atoms with van der Waals surface area (Å²) in [4.78, 5) is 0. The van der Waals surface area contributed by atoms with Gasteiger partial charge in [0, 0.05) is 6.54 Å². The zero-order chi connectivity index (χ0) is 9.90. The lowest BCUT2D eigenvalue weighted by atomic mass is 9.95. The summed E-state index contributed by atoms with van der Waals surface area (Å²) >= 11 is 0. The molecule has 0 aromatic heterocycles. The van der Waals surface area contributed by atoms with Crippen molar-refractivity contribution in [2.24, 2.45) is 5.92 Å². The fourth-order valence-corrected chi connectivity index (χ4v) is 2.26. The number of nitrogens with one attached hydrogen (secondary N) is 1. The van der Waals surface area contributed by atoms with Crippen LogP contribution < -0.4 is 5.32 Å². The van der Waals surface area contributed by atoms with Gasteiger partial charge in [0.2, 0.25) is 0 Å². The van der Waals surface area contributed by atoms with Crippen molar-refractivity contribution in [2.45, 2.75) is 18.9 Å². The van der Waals surface area contributed by atoms with Crippen LogP contribution in [0.15, 0.2) is 0 Å². The molecule has 3 N–H and O–H groups in total. The van der Waals surface area contributed by atoms with E-state index in [-0.39, 0.29) is 5.92 Å². The van der Waals surface area contributed by atoms with Crippen LogP contribution in [0.5, 0.6) is 0 Å². The summed E-state index contributed by atoms with van der Waals surface area (Å²) in [7, 11) is -4.05. The molecule has 1 aliphatic rings. The van der Waals surface area contributed by atoms with E-state index in [1.54, 1.807) is 0 Å². The van der Waals surface area contributed by atoms with Crippen molar-refractivity contribution in [3.63, 3.8) is 0 Å². The number of hydrogen-bond donors (Lipinski definition) is 3. The maximum absolute atomic E-state index is 10.5. The minimum atomic E-state index is -4.05. The highest BCUT2D eigenvalue weighted by molar-refractivity contribution is 7.85. The van der Waals surface area contributed by atoms with Crippen LogP contribution in [0.3, 0.4) is 0 Å². The van der Waals surface area contributed by atoms with E-state index in [1.165, 1.54) is 0 Å².